The van der Waals surface area contributed by atoms with Crippen molar-refractivity contribution in [2.45, 2.75) is 84.0 Å². The van der Waals surface area contributed by atoms with Gasteiger partial charge in [0.05, 0.1) is 0 Å². The molecule has 0 aromatic heterocycles. The normalized spacial score (nSPS) is 11.4. The van der Waals surface area contributed by atoms with Crippen molar-refractivity contribution in [3.05, 3.63) is 19.1 Å². The van der Waals surface area contributed by atoms with E-state index in [1.165, 1.54) is 70.6 Å². The molecule has 0 fully saturated rings. The molecular formula is C16H31. The van der Waals surface area contributed by atoms with Crippen LogP contribution >= 0.6 is 0 Å². The zero-order chi connectivity index (χ0) is 11.9. The van der Waals surface area contributed by atoms with Crippen LogP contribution in [0.15, 0.2) is 12.2 Å². The molecule has 0 atom stereocenters. The molecule has 95 valence electrons. The summed E-state index contributed by atoms with van der Waals surface area (Å²) < 4.78 is 0. The van der Waals surface area contributed by atoms with E-state index in [2.05, 4.69) is 26.0 Å². The molecule has 0 spiro atoms. The largest absolute Gasteiger partial charge is 0.0885 e. The van der Waals surface area contributed by atoms with Gasteiger partial charge in [-0.25, -0.2) is 0 Å². The van der Waals surface area contributed by atoms with Crippen LogP contribution in [-0.2, 0) is 0 Å². The Labute approximate surface area is 104 Å². The molecule has 0 aliphatic heterocycles. The minimum absolute atomic E-state index is 1.10. The number of allylic oxidation sites excluding steroid dienone is 2. The number of rotatable bonds is 12. The first kappa shape index (κ1) is 15.7. The SMILES string of the molecule is [CH2]CCCCC/C=C\CCCCCCCC. The van der Waals surface area contributed by atoms with Crippen molar-refractivity contribution in [2.75, 3.05) is 0 Å². The monoisotopic (exact) mass is 223 g/mol. The summed E-state index contributed by atoms with van der Waals surface area (Å²) in [6, 6.07) is 0. The standard InChI is InChI=1S/C16H31/c1-3-5-7-9-11-13-15-16-14-12-10-8-6-4-2/h13,15H,1,3-12,14,16H2,2H3/b15-13-. The van der Waals surface area contributed by atoms with E-state index in [1.807, 2.05) is 0 Å². The van der Waals surface area contributed by atoms with Gasteiger partial charge in [0.1, 0.15) is 0 Å². The summed E-state index contributed by atoms with van der Waals surface area (Å²) >= 11 is 0. The lowest BCUT2D eigenvalue weighted by atomic mass is 10.1. The molecule has 0 aromatic rings. The Morgan fingerprint density at radius 3 is 1.75 bits per heavy atom. The van der Waals surface area contributed by atoms with Gasteiger partial charge < -0.3 is 0 Å². The van der Waals surface area contributed by atoms with E-state index in [4.69, 9.17) is 0 Å². The molecule has 0 saturated carbocycles. The van der Waals surface area contributed by atoms with Crippen molar-refractivity contribution < 1.29 is 0 Å². The van der Waals surface area contributed by atoms with Gasteiger partial charge in [0.15, 0.2) is 0 Å². The Hall–Kier alpha value is -0.260. The Balaban J connectivity index is 2.98. The van der Waals surface area contributed by atoms with Crippen LogP contribution in [0.5, 0.6) is 0 Å². The first-order valence-corrected chi connectivity index (χ1v) is 7.36. The highest BCUT2D eigenvalue weighted by Crippen LogP contribution is 2.08. The van der Waals surface area contributed by atoms with Crippen molar-refractivity contribution >= 4 is 0 Å². The fourth-order valence-corrected chi connectivity index (χ4v) is 1.89. The van der Waals surface area contributed by atoms with Gasteiger partial charge in [-0.3, -0.25) is 0 Å². The molecule has 0 N–H and O–H groups in total. The first-order chi connectivity index (χ1) is 7.91. The minimum atomic E-state index is 1.10. The third-order valence-electron chi connectivity index (χ3n) is 3.01. The maximum atomic E-state index is 3.86. The van der Waals surface area contributed by atoms with E-state index in [0.29, 0.717) is 0 Å². The highest BCUT2D eigenvalue weighted by molar-refractivity contribution is 4.81. The third-order valence-corrected chi connectivity index (χ3v) is 3.01. The quantitative estimate of drug-likeness (QED) is 0.278. The molecule has 0 bridgehead atoms. The Bertz CT molecular complexity index is 135. The van der Waals surface area contributed by atoms with Crippen LogP contribution in [0, 0.1) is 6.92 Å². The molecule has 0 nitrogen and oxygen atoms in total. The Morgan fingerprint density at radius 2 is 1.19 bits per heavy atom. The van der Waals surface area contributed by atoms with Crippen LogP contribution in [0.2, 0.25) is 0 Å². The molecule has 0 amide bonds. The molecule has 0 unspecified atom stereocenters. The van der Waals surface area contributed by atoms with Crippen molar-refractivity contribution in [3.63, 3.8) is 0 Å². The van der Waals surface area contributed by atoms with Gasteiger partial charge in [-0.15, -0.1) is 0 Å². The summed E-state index contributed by atoms with van der Waals surface area (Å²) in [5.74, 6) is 0. The van der Waals surface area contributed by atoms with Gasteiger partial charge in [-0.05, 0) is 25.7 Å². The second-order valence-electron chi connectivity index (χ2n) is 4.73. The number of hydrogen-bond acceptors (Lipinski definition) is 0. The summed E-state index contributed by atoms with van der Waals surface area (Å²) in [6.45, 7) is 6.13. The third kappa shape index (κ3) is 13.7. The van der Waals surface area contributed by atoms with Gasteiger partial charge >= 0.3 is 0 Å². The molecule has 0 saturated heterocycles. The molecule has 0 heterocycles. The lowest BCUT2D eigenvalue weighted by molar-refractivity contribution is 0.610. The lowest BCUT2D eigenvalue weighted by Crippen LogP contribution is -1.78. The average Bonchev–Trinajstić information content (AvgIpc) is 2.31. The summed E-state index contributed by atoms with van der Waals surface area (Å²) in [7, 11) is 0. The summed E-state index contributed by atoms with van der Waals surface area (Å²) in [6.07, 6.45) is 20.9. The van der Waals surface area contributed by atoms with Gasteiger partial charge in [-0.2, -0.15) is 0 Å². The summed E-state index contributed by atoms with van der Waals surface area (Å²) in [5.41, 5.74) is 0. The number of hydrogen-bond donors (Lipinski definition) is 0. The van der Waals surface area contributed by atoms with E-state index in [0.717, 1.165) is 6.42 Å². The van der Waals surface area contributed by atoms with Gasteiger partial charge in [0.25, 0.3) is 0 Å². The van der Waals surface area contributed by atoms with Crippen LogP contribution in [0.4, 0.5) is 0 Å². The predicted octanol–water partition coefficient (Wildman–Crippen LogP) is 6.08. The van der Waals surface area contributed by atoms with Crippen molar-refractivity contribution in [2.24, 2.45) is 0 Å². The van der Waals surface area contributed by atoms with Crippen LogP contribution in [0.1, 0.15) is 84.0 Å². The Kier molecular flexibility index (Phi) is 14.5. The van der Waals surface area contributed by atoms with Crippen molar-refractivity contribution in [1.29, 1.82) is 0 Å². The van der Waals surface area contributed by atoms with Crippen LogP contribution in [-0.4, -0.2) is 0 Å². The molecule has 0 aliphatic rings. The van der Waals surface area contributed by atoms with E-state index in [-0.39, 0.29) is 0 Å². The second-order valence-corrected chi connectivity index (χ2v) is 4.73. The smallest absolute Gasteiger partial charge is 0.0351 e. The molecule has 0 heteroatoms. The lowest BCUT2D eigenvalue weighted by Gasteiger charge is -1.98. The first-order valence-electron chi connectivity index (χ1n) is 7.36. The molecular weight excluding hydrogens is 192 g/mol. The zero-order valence-electron chi connectivity index (χ0n) is 11.3. The van der Waals surface area contributed by atoms with Crippen molar-refractivity contribution in [3.8, 4) is 0 Å². The van der Waals surface area contributed by atoms with Gasteiger partial charge in [-0.1, -0.05) is 77.4 Å². The predicted molar refractivity (Wildman–Crippen MR) is 75.6 cm³/mol. The maximum absolute atomic E-state index is 3.86. The second kappa shape index (κ2) is 14.7. The van der Waals surface area contributed by atoms with Crippen molar-refractivity contribution in [1.82, 2.24) is 0 Å². The highest BCUT2D eigenvalue weighted by Gasteiger charge is 1.88. The molecule has 0 aliphatic carbocycles. The van der Waals surface area contributed by atoms with Crippen LogP contribution < -0.4 is 0 Å². The zero-order valence-corrected chi connectivity index (χ0v) is 11.3. The maximum Gasteiger partial charge on any atom is -0.0351 e. The van der Waals surface area contributed by atoms with Crippen LogP contribution in [0.3, 0.4) is 0 Å². The summed E-state index contributed by atoms with van der Waals surface area (Å²) in [4.78, 5) is 0. The fraction of sp³-hybridized carbons (Fsp3) is 0.812. The van der Waals surface area contributed by atoms with Gasteiger partial charge in [0.2, 0.25) is 0 Å². The summed E-state index contributed by atoms with van der Waals surface area (Å²) in [5, 5.41) is 0. The Morgan fingerprint density at radius 1 is 0.688 bits per heavy atom. The van der Waals surface area contributed by atoms with Gasteiger partial charge in [0, 0.05) is 0 Å². The highest BCUT2D eigenvalue weighted by atomic mass is 13.9. The number of unbranched alkanes of at least 4 members (excludes halogenated alkanes) is 10. The molecule has 0 rings (SSSR count). The van der Waals surface area contributed by atoms with E-state index in [9.17, 15) is 0 Å². The van der Waals surface area contributed by atoms with E-state index < -0.39 is 0 Å². The molecule has 1 radical (unpaired) electrons. The van der Waals surface area contributed by atoms with E-state index in [1.54, 1.807) is 0 Å². The fourth-order valence-electron chi connectivity index (χ4n) is 1.89. The van der Waals surface area contributed by atoms with Crippen LogP contribution in [0.25, 0.3) is 0 Å². The molecule has 16 heavy (non-hydrogen) atoms. The minimum Gasteiger partial charge on any atom is -0.0885 e. The average molecular weight is 223 g/mol. The topological polar surface area (TPSA) is 0 Å². The molecule has 0 aromatic carbocycles. The van der Waals surface area contributed by atoms with E-state index >= 15 is 0 Å².